The van der Waals surface area contributed by atoms with Gasteiger partial charge in [-0.3, -0.25) is 24.1 Å². The van der Waals surface area contributed by atoms with Gasteiger partial charge in [0.25, 0.3) is 0 Å². The average Bonchev–Trinajstić information content (AvgIpc) is 1.28. The number of nitrogens with zero attached hydrogens (tertiary/aromatic N) is 9. The van der Waals surface area contributed by atoms with Crippen LogP contribution in [0.15, 0.2) is 65.9 Å². The highest BCUT2D eigenvalue weighted by molar-refractivity contribution is 7.13. The fraction of sp³-hybridized carbons (Fsp3) is 0.603. The first-order chi connectivity index (χ1) is 47.6. The van der Waals surface area contributed by atoms with Gasteiger partial charge in [-0.15, -0.1) is 22.9 Å². The summed E-state index contributed by atoms with van der Waals surface area (Å²) in [4.78, 5) is 97.1. The van der Waals surface area contributed by atoms with Crippen LogP contribution in [0.4, 0.5) is 21.1 Å². The third-order valence-corrected chi connectivity index (χ3v) is 16.1. The Morgan fingerprint density at radius 1 is 0.694 bits per heavy atom. The van der Waals surface area contributed by atoms with Gasteiger partial charge in [0.1, 0.15) is 38.1 Å². The van der Waals surface area contributed by atoms with Crippen LogP contribution < -0.4 is 15.5 Å². The number of esters is 2. The molecular formula is C68H99Cl2N11O16S. The maximum Gasteiger partial charge on any atom is 0.407 e. The number of alkyl carbamates (subject to hydrolysis) is 2. The molecule has 2 aromatic heterocycles. The molecule has 0 spiro atoms. The number of ketones is 1. The number of azide groups is 1. The number of carbonyl (C=O) groups is 6. The molecule has 3 amide bonds. The summed E-state index contributed by atoms with van der Waals surface area (Å²) in [6.45, 7) is 19.0. The third kappa shape index (κ3) is 37.2. The van der Waals surface area contributed by atoms with E-state index in [1.165, 1.54) is 11.3 Å². The third-order valence-electron chi connectivity index (χ3n) is 14.5. The first-order valence-electron chi connectivity index (χ1n) is 33.4. The van der Waals surface area contributed by atoms with Gasteiger partial charge >= 0.3 is 24.1 Å². The van der Waals surface area contributed by atoms with Crippen LogP contribution in [0.2, 0.25) is 5.02 Å². The lowest BCUT2D eigenvalue weighted by Gasteiger charge is -2.36. The van der Waals surface area contributed by atoms with E-state index in [1.54, 1.807) is 35.4 Å². The van der Waals surface area contributed by atoms with Gasteiger partial charge in [0.15, 0.2) is 5.78 Å². The SMILES string of the molecule is CCCC(=O)OC/C=C/COC(=O)NCCOCCOCCOC(=O)CCCOCCOCCCCCCCl.CCOCCOCCOC(=O)NCCN(Cc1ccc(C)c(N=[N+]=[N-])c1)C(=O)CN1CCN(c2cc(Cc3ncc(C(=O)Cc4c(C)cccc4Cl)s3)nc(C)n2)CC1. The van der Waals surface area contributed by atoms with E-state index in [0.29, 0.717) is 139 Å². The molecule has 0 radical (unpaired) electrons. The molecule has 1 aliphatic rings. The minimum absolute atomic E-state index is 0.0261. The average molecular weight is 1430 g/mol. The van der Waals surface area contributed by atoms with Crippen molar-refractivity contribution in [1.82, 2.24) is 35.4 Å². The molecule has 542 valence electrons. The minimum atomic E-state index is -0.600. The molecule has 3 heterocycles. The number of nitrogens with one attached hydrogen (secondary N) is 2. The molecule has 0 aliphatic carbocycles. The molecule has 0 bridgehead atoms. The second kappa shape index (κ2) is 52.0. The smallest absolute Gasteiger partial charge is 0.407 e. The van der Waals surface area contributed by atoms with Gasteiger partial charge in [-0.25, -0.2) is 24.5 Å². The minimum Gasteiger partial charge on any atom is -0.463 e. The Morgan fingerprint density at radius 3 is 2.04 bits per heavy atom. The predicted octanol–water partition coefficient (Wildman–Crippen LogP) is 10.2. The monoisotopic (exact) mass is 1430 g/mol. The lowest BCUT2D eigenvalue weighted by Crippen LogP contribution is -2.51. The number of halogens is 2. The number of anilines is 1. The highest BCUT2D eigenvalue weighted by Crippen LogP contribution is 2.26. The van der Waals surface area contributed by atoms with Crippen LogP contribution in [0.3, 0.4) is 0 Å². The number of piperazine rings is 1. The van der Waals surface area contributed by atoms with Gasteiger partial charge in [0, 0.05) is 132 Å². The molecule has 4 aromatic rings. The number of rotatable bonds is 49. The first kappa shape index (κ1) is 83.3. The fourth-order valence-corrected chi connectivity index (χ4v) is 10.6. The highest BCUT2D eigenvalue weighted by Gasteiger charge is 2.25. The van der Waals surface area contributed by atoms with E-state index in [9.17, 15) is 28.8 Å². The predicted molar refractivity (Wildman–Crippen MR) is 374 cm³/mol. The number of hydrogen-bond donors (Lipinski definition) is 2. The molecule has 0 unspecified atom stereocenters. The van der Waals surface area contributed by atoms with Gasteiger partial charge in [-0.2, -0.15) is 0 Å². The van der Waals surface area contributed by atoms with Crippen LogP contribution in [0.25, 0.3) is 10.4 Å². The molecule has 1 saturated heterocycles. The molecule has 5 rings (SSSR count). The summed E-state index contributed by atoms with van der Waals surface area (Å²) in [5.74, 6) is 1.49. The Hall–Kier alpha value is -7.08. The van der Waals surface area contributed by atoms with Crippen molar-refractivity contribution < 1.29 is 76.1 Å². The van der Waals surface area contributed by atoms with Crippen molar-refractivity contribution in [2.45, 2.75) is 105 Å². The van der Waals surface area contributed by atoms with Crippen molar-refractivity contribution in [3.8, 4) is 0 Å². The Kier molecular flexibility index (Phi) is 44.2. The van der Waals surface area contributed by atoms with Crippen LogP contribution >= 0.6 is 34.5 Å². The molecule has 2 aromatic carbocycles. The van der Waals surface area contributed by atoms with E-state index < -0.39 is 12.2 Å². The Balaban J connectivity index is 0.000000456. The Bertz CT molecular complexity index is 3040. The van der Waals surface area contributed by atoms with Crippen LogP contribution in [-0.4, -0.2) is 225 Å². The summed E-state index contributed by atoms with van der Waals surface area (Å²) >= 11 is 13.4. The summed E-state index contributed by atoms with van der Waals surface area (Å²) < 4.78 is 52.4. The number of alkyl halides is 1. The van der Waals surface area contributed by atoms with Crippen LogP contribution in [0.5, 0.6) is 0 Å². The molecule has 2 N–H and O–H groups in total. The van der Waals surface area contributed by atoms with Crippen molar-refractivity contribution in [3.63, 3.8) is 0 Å². The van der Waals surface area contributed by atoms with Crippen molar-refractivity contribution >= 4 is 81.9 Å². The van der Waals surface area contributed by atoms with Crippen molar-refractivity contribution in [3.05, 3.63) is 120 Å². The van der Waals surface area contributed by atoms with Gasteiger partial charge in [0.05, 0.1) is 81.6 Å². The number of aromatic nitrogens is 3. The molecule has 1 aliphatic heterocycles. The topological polar surface area (TPSA) is 316 Å². The van der Waals surface area contributed by atoms with E-state index >= 15 is 0 Å². The summed E-state index contributed by atoms with van der Waals surface area (Å²) in [5, 5.41) is 10.4. The molecule has 98 heavy (non-hydrogen) atoms. The molecule has 30 heteroatoms. The van der Waals surface area contributed by atoms with Crippen LogP contribution in [-0.2, 0) is 81.1 Å². The quantitative estimate of drug-likeness (QED) is 0.00478. The number of Topliss-reactive ketones (excluding diaryl/α,β-unsaturated/α-hetero) is 1. The molecule has 0 saturated carbocycles. The largest absolute Gasteiger partial charge is 0.463 e. The van der Waals surface area contributed by atoms with Gasteiger partial charge in [-0.1, -0.05) is 60.7 Å². The second-order valence-corrected chi connectivity index (χ2v) is 24.2. The number of benzene rings is 2. The van der Waals surface area contributed by atoms with Crippen LogP contribution in [0, 0.1) is 20.8 Å². The number of aryl methyl sites for hydroxylation is 3. The van der Waals surface area contributed by atoms with Crippen molar-refractivity contribution in [2.24, 2.45) is 5.11 Å². The van der Waals surface area contributed by atoms with Gasteiger partial charge in [0.2, 0.25) is 5.91 Å². The normalized spacial score (nSPS) is 12.1. The number of thiazole rings is 1. The maximum atomic E-state index is 13.8. The van der Waals surface area contributed by atoms with E-state index in [0.717, 1.165) is 83.4 Å². The number of amides is 3. The standard InChI is InChI=1S/C41H51ClN10O6S.C27H48ClNO10/c1-5-56-17-18-57-19-20-58-41(55)44-11-12-52(26-31-10-9-29(3)35(21-31)48-49-43)40(54)27-50-13-15-51(16-14-50)38-22-32(46-30(4)47-38)23-39-45-25-37(59-39)36(53)24-33-28(2)7-6-8-34(33)42;1-2-10-25(30)37-16-7-8-17-39-27(32)29-13-18-35-21-22-36-23-24-38-26(31)11-9-15-34-20-19-33-14-6-4-3-5-12-28/h6-10,21-22,25H,5,11-20,23-24,26-27H2,1-4H3,(H,44,55);7-8H,2-6,9-24H2,1H3,(H,29,32)/b;8-7+. The first-order valence-corrected chi connectivity index (χ1v) is 35.1. The summed E-state index contributed by atoms with van der Waals surface area (Å²) in [6, 6.07) is 13.1. The zero-order valence-corrected chi connectivity index (χ0v) is 59.8. The van der Waals surface area contributed by atoms with Gasteiger partial charge in [-0.05, 0) is 105 Å². The van der Waals surface area contributed by atoms with E-state index in [-0.39, 0.29) is 95.9 Å². The number of carbonyl (C=O) groups excluding carboxylic acids is 6. The fourth-order valence-electron chi connectivity index (χ4n) is 9.28. The Labute approximate surface area is 589 Å². The summed E-state index contributed by atoms with van der Waals surface area (Å²) in [7, 11) is 0. The number of ether oxygens (including phenoxy) is 10. The molecule has 27 nitrogen and oxygen atoms in total. The van der Waals surface area contributed by atoms with E-state index in [1.807, 2.05) is 65.0 Å². The lowest BCUT2D eigenvalue weighted by molar-refractivity contribution is -0.146. The summed E-state index contributed by atoms with van der Waals surface area (Å²) in [6.07, 6.45) is 10.8. The molecular weight excluding hydrogens is 1330 g/mol. The number of hydrogen-bond acceptors (Lipinski definition) is 23. The van der Waals surface area contributed by atoms with E-state index in [4.69, 9.17) is 81.1 Å². The van der Waals surface area contributed by atoms with Crippen molar-refractivity contribution in [1.29, 1.82) is 0 Å². The van der Waals surface area contributed by atoms with Crippen LogP contribution in [0.1, 0.15) is 114 Å². The maximum absolute atomic E-state index is 13.8. The zero-order chi connectivity index (χ0) is 70.8. The molecule has 1 fully saturated rings. The van der Waals surface area contributed by atoms with Crippen molar-refractivity contribution in [2.75, 3.05) is 169 Å². The van der Waals surface area contributed by atoms with E-state index in [2.05, 4.69) is 40.4 Å². The molecule has 0 atom stereocenters. The highest BCUT2D eigenvalue weighted by atomic mass is 35.5. The lowest BCUT2D eigenvalue weighted by atomic mass is 10.0. The Morgan fingerprint density at radius 2 is 1.34 bits per heavy atom. The zero-order valence-electron chi connectivity index (χ0n) is 57.5. The summed E-state index contributed by atoms with van der Waals surface area (Å²) in [5.41, 5.74) is 13.8. The second-order valence-electron chi connectivity index (χ2n) is 22.3. The number of unbranched alkanes of at least 4 members (excludes halogenated alkanes) is 3. The van der Waals surface area contributed by atoms with Gasteiger partial charge < -0.3 is 67.8 Å².